The Labute approximate surface area is 200 Å². The Bertz CT molecular complexity index is 1170. The number of amides is 2. The molecule has 1 aliphatic heterocycles. The van der Waals surface area contributed by atoms with E-state index >= 15 is 0 Å². The highest BCUT2D eigenvalue weighted by molar-refractivity contribution is 7.89. The average molecular weight is 490 g/mol. The van der Waals surface area contributed by atoms with E-state index < -0.39 is 15.4 Å². The van der Waals surface area contributed by atoms with E-state index in [9.17, 15) is 18.0 Å². The van der Waals surface area contributed by atoms with Crippen molar-refractivity contribution in [1.82, 2.24) is 9.21 Å². The molecule has 2 aromatic rings. The average Bonchev–Trinajstić information content (AvgIpc) is 2.82. The molecule has 0 spiro atoms. The molecule has 0 radical (unpaired) electrons. The molecule has 184 valence electrons. The quantitative estimate of drug-likeness (QED) is 0.669. The number of hydrogen-bond donors (Lipinski definition) is 1. The summed E-state index contributed by atoms with van der Waals surface area (Å²) in [5.41, 5.74) is 0.416. The van der Waals surface area contributed by atoms with Gasteiger partial charge in [-0.25, -0.2) is 8.42 Å². The fraction of sp³-hybridized carbons (Fsp3) is 0.417. The van der Waals surface area contributed by atoms with Crippen molar-refractivity contribution in [1.29, 1.82) is 0 Å². The van der Waals surface area contributed by atoms with Crippen LogP contribution in [0, 0.1) is 5.41 Å². The molecule has 0 aromatic heterocycles. The zero-order valence-electron chi connectivity index (χ0n) is 20.1. The first-order valence-electron chi connectivity index (χ1n) is 10.9. The number of nitrogens with one attached hydrogen (secondary N) is 1. The number of rotatable bonds is 6. The number of nitrogens with zero attached hydrogens (tertiary/aromatic N) is 2. The lowest BCUT2D eigenvalue weighted by Crippen LogP contribution is -2.50. The van der Waals surface area contributed by atoms with Crippen LogP contribution in [-0.2, 0) is 14.8 Å². The highest BCUT2D eigenvalue weighted by atomic mass is 32.2. The van der Waals surface area contributed by atoms with Gasteiger partial charge in [-0.3, -0.25) is 9.59 Å². The Balaban J connectivity index is 1.68. The van der Waals surface area contributed by atoms with Crippen molar-refractivity contribution in [2.45, 2.75) is 25.7 Å². The molecule has 2 aromatic carbocycles. The molecule has 10 heteroatoms. The topological polar surface area (TPSA) is 105 Å². The molecule has 0 aliphatic carbocycles. The lowest BCUT2D eigenvalue weighted by molar-refractivity contribution is -0.123. The van der Waals surface area contributed by atoms with Crippen molar-refractivity contribution in [2.75, 3.05) is 45.7 Å². The van der Waals surface area contributed by atoms with Crippen molar-refractivity contribution in [2.24, 2.45) is 5.41 Å². The molecule has 9 nitrogen and oxygen atoms in total. The zero-order chi connectivity index (χ0) is 25.1. The predicted molar refractivity (Wildman–Crippen MR) is 129 cm³/mol. The van der Waals surface area contributed by atoms with Crippen molar-refractivity contribution in [3.8, 4) is 11.5 Å². The number of methoxy groups -OCH3 is 2. The number of carbonyl (C=O) groups is 2. The van der Waals surface area contributed by atoms with Crippen LogP contribution in [0.1, 0.15) is 31.1 Å². The number of anilines is 1. The van der Waals surface area contributed by atoms with Gasteiger partial charge in [0.1, 0.15) is 0 Å². The van der Waals surface area contributed by atoms with Gasteiger partial charge in [0.25, 0.3) is 5.91 Å². The first-order valence-corrected chi connectivity index (χ1v) is 12.3. The van der Waals surface area contributed by atoms with Gasteiger partial charge in [0, 0.05) is 48.9 Å². The number of hydrogen-bond acceptors (Lipinski definition) is 6. The van der Waals surface area contributed by atoms with Gasteiger partial charge in [-0.15, -0.1) is 0 Å². The summed E-state index contributed by atoms with van der Waals surface area (Å²) >= 11 is 0. The van der Waals surface area contributed by atoms with E-state index in [1.54, 1.807) is 35.2 Å². The van der Waals surface area contributed by atoms with Gasteiger partial charge in [-0.2, -0.15) is 4.31 Å². The SMILES string of the molecule is COc1ccc(S(=O)(=O)N2CCN(C(=O)c3cccc(NC(=O)C(C)(C)C)c3)CC2)cc1OC. The molecule has 0 unspecified atom stereocenters. The molecule has 1 saturated heterocycles. The van der Waals surface area contributed by atoms with Gasteiger partial charge >= 0.3 is 0 Å². The van der Waals surface area contributed by atoms with Crippen molar-refractivity contribution >= 4 is 27.5 Å². The highest BCUT2D eigenvalue weighted by Gasteiger charge is 2.31. The summed E-state index contributed by atoms with van der Waals surface area (Å²) in [5, 5.41) is 2.83. The molecule has 1 heterocycles. The van der Waals surface area contributed by atoms with Crippen LogP contribution in [0.3, 0.4) is 0 Å². The minimum Gasteiger partial charge on any atom is -0.493 e. The molecule has 3 rings (SSSR count). The summed E-state index contributed by atoms with van der Waals surface area (Å²) in [6.45, 7) is 6.28. The second kappa shape index (κ2) is 10.0. The number of ether oxygens (including phenoxy) is 2. The van der Waals surface area contributed by atoms with E-state index in [1.165, 1.54) is 30.7 Å². The lowest BCUT2D eigenvalue weighted by Gasteiger charge is -2.34. The zero-order valence-corrected chi connectivity index (χ0v) is 20.9. The monoisotopic (exact) mass is 489 g/mol. The van der Waals surface area contributed by atoms with Gasteiger partial charge in [0.05, 0.1) is 19.1 Å². The summed E-state index contributed by atoms with van der Waals surface area (Å²) in [6, 6.07) is 11.2. The normalized spacial score (nSPS) is 15.0. The van der Waals surface area contributed by atoms with E-state index in [4.69, 9.17) is 9.47 Å². The first kappa shape index (κ1) is 25.5. The molecular weight excluding hydrogens is 458 g/mol. The Morgan fingerprint density at radius 3 is 2.15 bits per heavy atom. The summed E-state index contributed by atoms with van der Waals surface area (Å²) in [6.07, 6.45) is 0. The minimum atomic E-state index is -3.76. The Morgan fingerprint density at radius 1 is 0.912 bits per heavy atom. The van der Waals surface area contributed by atoms with E-state index in [1.807, 2.05) is 20.8 Å². The summed E-state index contributed by atoms with van der Waals surface area (Å²) in [5.74, 6) is 0.412. The van der Waals surface area contributed by atoms with Crippen molar-refractivity contribution < 1.29 is 27.5 Å². The van der Waals surface area contributed by atoms with Gasteiger partial charge in [-0.1, -0.05) is 26.8 Å². The van der Waals surface area contributed by atoms with E-state index in [0.717, 1.165) is 0 Å². The largest absolute Gasteiger partial charge is 0.493 e. The molecular formula is C24H31N3O6S. The van der Waals surface area contributed by atoms with Gasteiger partial charge < -0.3 is 19.7 Å². The summed E-state index contributed by atoms with van der Waals surface area (Å²) < 4.78 is 38.0. The number of piperazine rings is 1. The number of carbonyl (C=O) groups excluding carboxylic acids is 2. The van der Waals surface area contributed by atoms with Crippen LogP contribution in [-0.4, -0.2) is 69.8 Å². The third-order valence-corrected chi connectivity index (χ3v) is 7.46. The third-order valence-electron chi connectivity index (χ3n) is 5.57. The first-order chi connectivity index (χ1) is 16.0. The maximum atomic E-state index is 13.1. The second-order valence-corrected chi connectivity index (χ2v) is 10.9. The smallest absolute Gasteiger partial charge is 0.254 e. The molecule has 0 bridgehead atoms. The van der Waals surface area contributed by atoms with Crippen LogP contribution in [0.4, 0.5) is 5.69 Å². The Morgan fingerprint density at radius 2 is 1.56 bits per heavy atom. The standard InChI is InChI=1S/C24H31N3O6S/c1-24(2,3)23(29)25-18-8-6-7-17(15-18)22(28)26-11-13-27(14-12-26)34(30,31)19-9-10-20(32-4)21(16-19)33-5/h6-10,15-16H,11-14H2,1-5H3,(H,25,29). The predicted octanol–water partition coefficient (Wildman–Crippen LogP) is 2.84. The molecule has 0 atom stereocenters. The molecule has 2 amide bonds. The highest BCUT2D eigenvalue weighted by Crippen LogP contribution is 2.31. The van der Waals surface area contributed by atoms with Gasteiger partial charge in [0.2, 0.25) is 15.9 Å². The van der Waals surface area contributed by atoms with Gasteiger partial charge in [0.15, 0.2) is 11.5 Å². The summed E-state index contributed by atoms with van der Waals surface area (Å²) in [4.78, 5) is 27.0. The van der Waals surface area contributed by atoms with Crippen LogP contribution >= 0.6 is 0 Å². The third kappa shape index (κ3) is 5.51. The van der Waals surface area contributed by atoms with Crippen LogP contribution in [0.15, 0.2) is 47.4 Å². The Kier molecular flexibility index (Phi) is 7.52. The van der Waals surface area contributed by atoms with Crippen LogP contribution < -0.4 is 14.8 Å². The maximum Gasteiger partial charge on any atom is 0.254 e. The summed E-state index contributed by atoms with van der Waals surface area (Å²) in [7, 11) is -0.826. The minimum absolute atomic E-state index is 0.104. The number of benzene rings is 2. The van der Waals surface area contributed by atoms with Crippen LogP contribution in [0.5, 0.6) is 11.5 Å². The second-order valence-electron chi connectivity index (χ2n) is 9.00. The van der Waals surface area contributed by atoms with Crippen molar-refractivity contribution in [3.63, 3.8) is 0 Å². The Hall–Kier alpha value is -3.11. The van der Waals surface area contributed by atoms with E-state index in [2.05, 4.69) is 5.32 Å². The van der Waals surface area contributed by atoms with Crippen LogP contribution in [0.2, 0.25) is 0 Å². The maximum absolute atomic E-state index is 13.1. The fourth-order valence-corrected chi connectivity index (χ4v) is 4.93. The molecule has 1 fully saturated rings. The number of sulfonamides is 1. The lowest BCUT2D eigenvalue weighted by atomic mass is 9.95. The molecule has 34 heavy (non-hydrogen) atoms. The molecule has 1 N–H and O–H groups in total. The molecule has 0 saturated carbocycles. The van der Waals surface area contributed by atoms with E-state index in [-0.39, 0.29) is 42.9 Å². The fourth-order valence-electron chi connectivity index (χ4n) is 3.49. The molecule has 1 aliphatic rings. The van der Waals surface area contributed by atoms with Crippen molar-refractivity contribution in [3.05, 3.63) is 48.0 Å². The van der Waals surface area contributed by atoms with E-state index in [0.29, 0.717) is 22.7 Å². The van der Waals surface area contributed by atoms with Crippen LogP contribution in [0.25, 0.3) is 0 Å². The van der Waals surface area contributed by atoms with Gasteiger partial charge in [-0.05, 0) is 30.3 Å².